The number of alkyl halides is 1. The topological polar surface area (TPSA) is 0 Å². The Balaban J connectivity index is 2.70. The first-order chi connectivity index (χ1) is 4.10. The van der Waals surface area contributed by atoms with Crippen LogP contribution in [0.15, 0.2) is 24.1 Å². The highest BCUT2D eigenvalue weighted by Gasteiger charge is 2.18. The predicted molar refractivity (Wildman–Crippen MR) is 37.2 cm³/mol. The van der Waals surface area contributed by atoms with Gasteiger partial charge in [-0.05, 0) is 25.5 Å². The molecule has 0 aromatic carbocycles. The van der Waals surface area contributed by atoms with Crippen molar-refractivity contribution in [2.45, 2.75) is 18.2 Å². The molecule has 50 valence electrons. The number of allylic oxidation sites excluding steroid dienone is 4. The summed E-state index contributed by atoms with van der Waals surface area (Å²) in [5.41, 5.74) is 0. The largest absolute Gasteiger partial charge is 0.207 e. The van der Waals surface area contributed by atoms with Gasteiger partial charge in [-0.25, -0.2) is 4.39 Å². The van der Waals surface area contributed by atoms with Crippen LogP contribution in [0.3, 0.4) is 0 Å². The molecule has 0 aliphatic heterocycles. The first-order valence-corrected chi connectivity index (χ1v) is 3.22. The zero-order valence-corrected chi connectivity index (χ0v) is 5.95. The van der Waals surface area contributed by atoms with Gasteiger partial charge in [0, 0.05) is 0 Å². The standard InChI is InChI=1S/C7H8ClF/c1-7(8)4-2-6(9)3-5-7/h2-4H,5H2,1H3. The summed E-state index contributed by atoms with van der Waals surface area (Å²) >= 11 is 5.84. The summed E-state index contributed by atoms with van der Waals surface area (Å²) in [6.45, 7) is 1.86. The summed E-state index contributed by atoms with van der Waals surface area (Å²) in [5.74, 6) is -0.187. The fourth-order valence-electron chi connectivity index (χ4n) is 0.687. The Morgan fingerprint density at radius 2 is 2.44 bits per heavy atom. The van der Waals surface area contributed by atoms with Gasteiger partial charge in [-0.2, -0.15) is 0 Å². The molecule has 0 aromatic rings. The molecule has 1 unspecified atom stereocenters. The number of hydrogen-bond acceptors (Lipinski definition) is 0. The molecule has 1 rings (SSSR count). The first kappa shape index (κ1) is 6.81. The van der Waals surface area contributed by atoms with Gasteiger partial charge in [-0.15, -0.1) is 11.6 Å². The van der Waals surface area contributed by atoms with Crippen LogP contribution in [0.1, 0.15) is 13.3 Å². The molecule has 0 saturated heterocycles. The molecule has 2 heteroatoms. The molecule has 0 spiro atoms. The van der Waals surface area contributed by atoms with Crippen molar-refractivity contribution in [1.82, 2.24) is 0 Å². The fraction of sp³-hybridized carbons (Fsp3) is 0.429. The second-order valence-corrected chi connectivity index (χ2v) is 3.27. The van der Waals surface area contributed by atoms with E-state index in [0.717, 1.165) is 0 Å². The highest BCUT2D eigenvalue weighted by molar-refractivity contribution is 6.25. The molecule has 1 aliphatic rings. The van der Waals surface area contributed by atoms with Crippen molar-refractivity contribution in [3.8, 4) is 0 Å². The molecule has 0 N–H and O–H groups in total. The Bertz CT molecular complexity index is 168. The lowest BCUT2D eigenvalue weighted by molar-refractivity contribution is 0.635. The van der Waals surface area contributed by atoms with Gasteiger partial charge < -0.3 is 0 Å². The summed E-state index contributed by atoms with van der Waals surface area (Å²) in [7, 11) is 0. The van der Waals surface area contributed by atoms with Crippen molar-refractivity contribution in [2.75, 3.05) is 0 Å². The van der Waals surface area contributed by atoms with E-state index >= 15 is 0 Å². The number of halogens is 2. The quantitative estimate of drug-likeness (QED) is 0.461. The molecule has 1 atom stereocenters. The van der Waals surface area contributed by atoms with Crippen molar-refractivity contribution in [1.29, 1.82) is 0 Å². The molecular weight excluding hydrogens is 139 g/mol. The minimum atomic E-state index is -0.365. The normalized spacial score (nSPS) is 34.3. The molecular formula is C7H8ClF. The van der Waals surface area contributed by atoms with Crippen LogP contribution in [0.5, 0.6) is 0 Å². The highest BCUT2D eigenvalue weighted by Crippen LogP contribution is 2.26. The minimum absolute atomic E-state index is 0.187. The summed E-state index contributed by atoms with van der Waals surface area (Å²) in [6, 6.07) is 0. The second kappa shape index (κ2) is 2.14. The van der Waals surface area contributed by atoms with E-state index in [2.05, 4.69) is 0 Å². The number of hydrogen-bond donors (Lipinski definition) is 0. The van der Waals surface area contributed by atoms with Gasteiger partial charge in [0.05, 0.1) is 4.87 Å². The smallest absolute Gasteiger partial charge is 0.119 e. The van der Waals surface area contributed by atoms with E-state index in [1.807, 2.05) is 6.92 Å². The van der Waals surface area contributed by atoms with Crippen LogP contribution >= 0.6 is 11.6 Å². The van der Waals surface area contributed by atoms with Gasteiger partial charge in [0.25, 0.3) is 0 Å². The molecule has 0 radical (unpaired) electrons. The second-order valence-electron chi connectivity index (χ2n) is 2.40. The molecule has 0 saturated carbocycles. The van der Waals surface area contributed by atoms with E-state index in [9.17, 15) is 4.39 Å². The lowest BCUT2D eigenvalue weighted by atomic mass is 10.0. The van der Waals surface area contributed by atoms with Gasteiger partial charge in [0.1, 0.15) is 5.83 Å². The SMILES string of the molecule is CC1(Cl)C=CC(F)=CC1. The molecule has 0 nitrogen and oxygen atoms in total. The van der Waals surface area contributed by atoms with Crippen LogP contribution in [-0.4, -0.2) is 4.87 Å². The summed E-state index contributed by atoms with van der Waals surface area (Å²) < 4.78 is 12.2. The van der Waals surface area contributed by atoms with E-state index < -0.39 is 0 Å². The Kier molecular flexibility index (Phi) is 1.62. The zero-order valence-electron chi connectivity index (χ0n) is 5.20. The third-order valence-electron chi connectivity index (χ3n) is 1.29. The van der Waals surface area contributed by atoms with E-state index in [4.69, 9.17) is 11.6 Å². The Labute approximate surface area is 59.0 Å². The van der Waals surface area contributed by atoms with Crippen molar-refractivity contribution in [2.24, 2.45) is 0 Å². The van der Waals surface area contributed by atoms with Crippen LogP contribution in [0.2, 0.25) is 0 Å². The van der Waals surface area contributed by atoms with Crippen LogP contribution in [-0.2, 0) is 0 Å². The van der Waals surface area contributed by atoms with E-state index in [-0.39, 0.29) is 10.7 Å². The average molecular weight is 147 g/mol. The van der Waals surface area contributed by atoms with Crippen molar-refractivity contribution in [3.63, 3.8) is 0 Å². The van der Waals surface area contributed by atoms with Gasteiger partial charge in [-0.1, -0.05) is 6.08 Å². The highest BCUT2D eigenvalue weighted by atomic mass is 35.5. The Morgan fingerprint density at radius 1 is 1.78 bits per heavy atom. The molecule has 0 aromatic heterocycles. The van der Waals surface area contributed by atoms with Crippen molar-refractivity contribution >= 4 is 11.6 Å². The molecule has 0 bridgehead atoms. The van der Waals surface area contributed by atoms with E-state index in [1.54, 1.807) is 6.08 Å². The maximum Gasteiger partial charge on any atom is 0.119 e. The molecule has 0 fully saturated rings. The van der Waals surface area contributed by atoms with Crippen molar-refractivity contribution < 1.29 is 4.39 Å². The molecule has 9 heavy (non-hydrogen) atoms. The van der Waals surface area contributed by atoms with E-state index in [0.29, 0.717) is 6.42 Å². The summed E-state index contributed by atoms with van der Waals surface area (Å²) in [6.07, 6.45) is 5.14. The molecule has 1 aliphatic carbocycles. The number of rotatable bonds is 0. The molecule has 0 amide bonds. The van der Waals surface area contributed by atoms with Gasteiger partial charge >= 0.3 is 0 Å². The van der Waals surface area contributed by atoms with Crippen LogP contribution in [0.25, 0.3) is 0 Å². The predicted octanol–water partition coefficient (Wildman–Crippen LogP) is 2.80. The lowest BCUT2D eigenvalue weighted by Gasteiger charge is -2.17. The van der Waals surface area contributed by atoms with Crippen LogP contribution < -0.4 is 0 Å². The van der Waals surface area contributed by atoms with Gasteiger partial charge in [0.2, 0.25) is 0 Å². The third kappa shape index (κ3) is 1.83. The Morgan fingerprint density at radius 3 is 2.78 bits per heavy atom. The van der Waals surface area contributed by atoms with Crippen LogP contribution in [0.4, 0.5) is 4.39 Å². The first-order valence-electron chi connectivity index (χ1n) is 2.84. The zero-order chi connectivity index (χ0) is 6.91. The van der Waals surface area contributed by atoms with Crippen LogP contribution in [0, 0.1) is 0 Å². The van der Waals surface area contributed by atoms with Gasteiger partial charge in [0.15, 0.2) is 0 Å². The minimum Gasteiger partial charge on any atom is -0.207 e. The maximum absolute atomic E-state index is 12.2. The summed E-state index contributed by atoms with van der Waals surface area (Å²) in [5, 5.41) is 0. The average Bonchev–Trinajstić information content (AvgIpc) is 1.78. The fourth-order valence-corrected chi connectivity index (χ4v) is 0.827. The lowest BCUT2D eigenvalue weighted by Crippen LogP contribution is -2.12. The summed E-state index contributed by atoms with van der Waals surface area (Å²) in [4.78, 5) is -0.365. The monoisotopic (exact) mass is 146 g/mol. The third-order valence-corrected chi connectivity index (χ3v) is 1.57. The van der Waals surface area contributed by atoms with E-state index in [1.165, 1.54) is 12.2 Å². The van der Waals surface area contributed by atoms with Crippen molar-refractivity contribution in [3.05, 3.63) is 24.1 Å². The Hall–Kier alpha value is -0.300. The molecule has 0 heterocycles. The van der Waals surface area contributed by atoms with Gasteiger partial charge in [-0.3, -0.25) is 0 Å². The maximum atomic E-state index is 12.2.